The standard InChI is InChI=1S/C15H30N4.HI/c1-14-6-11-18(12-7-14)13-8-17-15(16)19-9-4-2-3-5-10-19;/h14H,2-13H2,1H3,(H2,16,17);1H. The van der Waals surface area contributed by atoms with E-state index in [1.807, 2.05) is 0 Å². The Morgan fingerprint density at radius 1 is 1.05 bits per heavy atom. The highest BCUT2D eigenvalue weighted by Crippen LogP contribution is 2.15. The molecular weight excluding hydrogens is 363 g/mol. The normalized spacial score (nSPS) is 23.2. The van der Waals surface area contributed by atoms with Crippen molar-refractivity contribution in [3.63, 3.8) is 0 Å². The largest absolute Gasteiger partial charge is 0.370 e. The predicted molar refractivity (Wildman–Crippen MR) is 96.8 cm³/mol. The zero-order valence-corrected chi connectivity index (χ0v) is 15.2. The first-order chi connectivity index (χ1) is 9.25. The lowest BCUT2D eigenvalue weighted by molar-refractivity contribution is 0.197. The first-order valence-electron chi connectivity index (χ1n) is 8.03. The fraction of sp³-hybridized carbons (Fsp3) is 0.933. The third-order valence-electron chi connectivity index (χ3n) is 4.50. The van der Waals surface area contributed by atoms with Gasteiger partial charge in [0.05, 0.1) is 6.54 Å². The molecule has 0 unspecified atom stereocenters. The number of hydrogen-bond acceptors (Lipinski definition) is 2. The lowest BCUT2D eigenvalue weighted by Crippen LogP contribution is -2.39. The van der Waals surface area contributed by atoms with E-state index in [1.165, 1.54) is 51.6 Å². The summed E-state index contributed by atoms with van der Waals surface area (Å²) in [7, 11) is 0. The Balaban J connectivity index is 0.00000200. The molecule has 2 rings (SSSR count). The number of nitrogens with zero attached hydrogens (tertiary/aromatic N) is 3. The molecule has 5 heteroatoms. The number of halogens is 1. The van der Waals surface area contributed by atoms with Crippen molar-refractivity contribution in [3.05, 3.63) is 0 Å². The second kappa shape index (κ2) is 9.82. The number of guanidine groups is 1. The van der Waals surface area contributed by atoms with Crippen molar-refractivity contribution in [1.29, 1.82) is 0 Å². The van der Waals surface area contributed by atoms with Crippen LogP contribution in [0, 0.1) is 5.92 Å². The third kappa shape index (κ3) is 6.16. The van der Waals surface area contributed by atoms with E-state index in [2.05, 4.69) is 21.7 Å². The van der Waals surface area contributed by atoms with E-state index < -0.39 is 0 Å². The van der Waals surface area contributed by atoms with Crippen LogP contribution in [-0.2, 0) is 0 Å². The molecule has 20 heavy (non-hydrogen) atoms. The maximum absolute atomic E-state index is 6.11. The lowest BCUT2D eigenvalue weighted by Gasteiger charge is -2.29. The number of nitrogens with two attached hydrogens (primary N) is 1. The van der Waals surface area contributed by atoms with Gasteiger partial charge in [0, 0.05) is 19.6 Å². The molecule has 0 atom stereocenters. The summed E-state index contributed by atoms with van der Waals surface area (Å²) in [5.41, 5.74) is 6.11. The van der Waals surface area contributed by atoms with E-state index in [0.29, 0.717) is 0 Å². The minimum Gasteiger partial charge on any atom is -0.370 e. The molecule has 2 N–H and O–H groups in total. The van der Waals surface area contributed by atoms with Crippen LogP contribution in [0.1, 0.15) is 45.4 Å². The van der Waals surface area contributed by atoms with Gasteiger partial charge >= 0.3 is 0 Å². The Morgan fingerprint density at radius 3 is 2.25 bits per heavy atom. The van der Waals surface area contributed by atoms with Gasteiger partial charge in [-0.25, -0.2) is 0 Å². The average molecular weight is 394 g/mol. The Kier molecular flexibility index (Phi) is 8.84. The topological polar surface area (TPSA) is 44.9 Å². The molecule has 118 valence electrons. The van der Waals surface area contributed by atoms with Gasteiger partial charge in [-0.1, -0.05) is 19.8 Å². The minimum absolute atomic E-state index is 0. The van der Waals surface area contributed by atoms with Gasteiger partial charge in [-0.3, -0.25) is 4.99 Å². The Labute approximate surface area is 141 Å². The molecule has 0 amide bonds. The van der Waals surface area contributed by atoms with Crippen LogP contribution in [0.3, 0.4) is 0 Å². The van der Waals surface area contributed by atoms with E-state index >= 15 is 0 Å². The van der Waals surface area contributed by atoms with Crippen LogP contribution in [0.25, 0.3) is 0 Å². The maximum Gasteiger partial charge on any atom is 0.191 e. The fourth-order valence-corrected chi connectivity index (χ4v) is 2.99. The monoisotopic (exact) mass is 394 g/mol. The molecule has 0 aromatic rings. The predicted octanol–water partition coefficient (Wildman–Crippen LogP) is 2.53. The van der Waals surface area contributed by atoms with Gasteiger partial charge in [0.25, 0.3) is 0 Å². The van der Waals surface area contributed by atoms with Crippen LogP contribution < -0.4 is 5.73 Å². The highest BCUT2D eigenvalue weighted by Gasteiger charge is 2.15. The first-order valence-corrected chi connectivity index (χ1v) is 8.03. The third-order valence-corrected chi connectivity index (χ3v) is 4.50. The van der Waals surface area contributed by atoms with Crippen LogP contribution in [0.5, 0.6) is 0 Å². The average Bonchev–Trinajstić information content (AvgIpc) is 2.70. The molecule has 0 aromatic carbocycles. The number of rotatable bonds is 3. The van der Waals surface area contributed by atoms with Gasteiger partial charge in [0.15, 0.2) is 5.96 Å². The maximum atomic E-state index is 6.11. The lowest BCUT2D eigenvalue weighted by atomic mass is 9.99. The van der Waals surface area contributed by atoms with Crippen molar-refractivity contribution >= 4 is 29.9 Å². The summed E-state index contributed by atoms with van der Waals surface area (Å²) >= 11 is 0. The van der Waals surface area contributed by atoms with E-state index in [9.17, 15) is 0 Å². The van der Waals surface area contributed by atoms with E-state index in [4.69, 9.17) is 5.73 Å². The molecule has 0 saturated carbocycles. The van der Waals surface area contributed by atoms with Gasteiger partial charge in [0.1, 0.15) is 0 Å². The fourth-order valence-electron chi connectivity index (χ4n) is 2.99. The van der Waals surface area contributed by atoms with Gasteiger partial charge in [0.2, 0.25) is 0 Å². The SMILES string of the molecule is CC1CCN(CCN=C(N)N2CCCCCC2)CC1.I. The number of hydrogen-bond donors (Lipinski definition) is 1. The number of piperidine rings is 1. The molecule has 0 bridgehead atoms. The summed E-state index contributed by atoms with van der Waals surface area (Å²) in [5, 5.41) is 0. The van der Waals surface area contributed by atoms with Crippen LogP contribution >= 0.6 is 24.0 Å². The van der Waals surface area contributed by atoms with Crippen LogP contribution in [0.4, 0.5) is 0 Å². The van der Waals surface area contributed by atoms with E-state index in [-0.39, 0.29) is 24.0 Å². The minimum atomic E-state index is 0. The van der Waals surface area contributed by atoms with Gasteiger partial charge in [-0.15, -0.1) is 24.0 Å². The Bertz CT molecular complexity index is 280. The van der Waals surface area contributed by atoms with E-state index in [0.717, 1.165) is 38.1 Å². The summed E-state index contributed by atoms with van der Waals surface area (Å²) in [4.78, 5) is 9.38. The Hall–Kier alpha value is -0.0400. The van der Waals surface area contributed by atoms with Crippen molar-refractivity contribution in [2.24, 2.45) is 16.6 Å². The molecule has 2 aliphatic heterocycles. The zero-order valence-electron chi connectivity index (χ0n) is 12.9. The molecule has 2 heterocycles. The van der Waals surface area contributed by atoms with Crippen molar-refractivity contribution in [3.8, 4) is 0 Å². The van der Waals surface area contributed by atoms with Crippen molar-refractivity contribution in [1.82, 2.24) is 9.80 Å². The molecule has 0 aromatic heterocycles. The molecule has 0 aliphatic carbocycles. The smallest absolute Gasteiger partial charge is 0.191 e. The van der Waals surface area contributed by atoms with E-state index in [1.54, 1.807) is 0 Å². The van der Waals surface area contributed by atoms with Crippen molar-refractivity contribution in [2.45, 2.75) is 45.4 Å². The highest BCUT2D eigenvalue weighted by atomic mass is 127. The van der Waals surface area contributed by atoms with Crippen molar-refractivity contribution in [2.75, 3.05) is 39.3 Å². The first kappa shape index (κ1) is 18.0. The summed E-state index contributed by atoms with van der Waals surface area (Å²) < 4.78 is 0. The number of aliphatic imine (C=N–C) groups is 1. The molecular formula is C15H31IN4. The summed E-state index contributed by atoms with van der Waals surface area (Å²) in [6.45, 7) is 8.94. The molecule has 0 spiro atoms. The quantitative estimate of drug-likeness (QED) is 0.455. The Morgan fingerprint density at radius 2 is 1.65 bits per heavy atom. The van der Waals surface area contributed by atoms with Gasteiger partial charge in [-0.05, 0) is 44.7 Å². The molecule has 0 radical (unpaired) electrons. The van der Waals surface area contributed by atoms with Gasteiger partial charge in [-0.2, -0.15) is 0 Å². The summed E-state index contributed by atoms with van der Waals surface area (Å²) in [5.74, 6) is 1.68. The number of likely N-dealkylation sites (tertiary alicyclic amines) is 2. The van der Waals surface area contributed by atoms with Crippen LogP contribution in [-0.4, -0.2) is 55.0 Å². The zero-order chi connectivity index (χ0) is 13.5. The van der Waals surface area contributed by atoms with Crippen LogP contribution in [0.2, 0.25) is 0 Å². The molecule has 2 fully saturated rings. The van der Waals surface area contributed by atoms with Crippen LogP contribution in [0.15, 0.2) is 4.99 Å². The summed E-state index contributed by atoms with van der Waals surface area (Å²) in [6.07, 6.45) is 7.89. The second-order valence-corrected chi connectivity index (χ2v) is 6.17. The molecule has 2 saturated heterocycles. The summed E-state index contributed by atoms with van der Waals surface area (Å²) in [6, 6.07) is 0. The molecule has 2 aliphatic rings. The second-order valence-electron chi connectivity index (χ2n) is 6.17. The van der Waals surface area contributed by atoms with Crippen molar-refractivity contribution < 1.29 is 0 Å². The molecule has 4 nitrogen and oxygen atoms in total. The van der Waals surface area contributed by atoms with Gasteiger partial charge < -0.3 is 15.5 Å². The highest BCUT2D eigenvalue weighted by molar-refractivity contribution is 14.0.